The number of thiophene rings is 1. The van der Waals surface area contributed by atoms with Crippen molar-refractivity contribution in [3.63, 3.8) is 0 Å². The number of fused-ring (bicyclic) bond motifs is 1. The van der Waals surface area contributed by atoms with Gasteiger partial charge in [-0.3, -0.25) is 9.58 Å². The summed E-state index contributed by atoms with van der Waals surface area (Å²) in [6.07, 6.45) is 0.984. The average Bonchev–Trinajstić information content (AvgIpc) is 3.28. The van der Waals surface area contributed by atoms with Crippen LogP contribution < -0.4 is 0 Å². The summed E-state index contributed by atoms with van der Waals surface area (Å²) in [5, 5.41) is 13.0. The first kappa shape index (κ1) is 16.4. The molecule has 1 aliphatic rings. The van der Waals surface area contributed by atoms with Crippen LogP contribution in [0.5, 0.6) is 0 Å². The van der Waals surface area contributed by atoms with Crippen LogP contribution in [0, 0.1) is 0 Å². The third kappa shape index (κ3) is 3.66. The summed E-state index contributed by atoms with van der Waals surface area (Å²) in [6, 6.07) is 12.7. The standard InChI is InChI=1S/C19H22N4OS/c1-22-17-7-9-23(11-16-8-10-25-14-16)18(19(17)20-21-22)13-24-12-15-5-3-2-4-6-15/h2-6,8,10,14,18H,7,9,11-13H2,1H3/t18-/m1/s1. The summed E-state index contributed by atoms with van der Waals surface area (Å²) in [5.74, 6) is 0. The van der Waals surface area contributed by atoms with Crippen molar-refractivity contribution in [2.24, 2.45) is 7.05 Å². The van der Waals surface area contributed by atoms with Crippen molar-refractivity contribution in [1.82, 2.24) is 19.9 Å². The van der Waals surface area contributed by atoms with E-state index in [1.54, 1.807) is 11.3 Å². The Kier molecular flexibility index (Phi) is 4.92. The van der Waals surface area contributed by atoms with E-state index in [2.05, 4.69) is 44.2 Å². The summed E-state index contributed by atoms with van der Waals surface area (Å²) in [5.41, 5.74) is 4.85. The highest BCUT2D eigenvalue weighted by atomic mass is 32.1. The second-order valence-corrected chi connectivity index (χ2v) is 7.19. The maximum atomic E-state index is 6.06. The molecule has 25 heavy (non-hydrogen) atoms. The van der Waals surface area contributed by atoms with Crippen LogP contribution in [0.2, 0.25) is 0 Å². The molecule has 3 heterocycles. The van der Waals surface area contributed by atoms with Crippen molar-refractivity contribution in [2.75, 3.05) is 13.2 Å². The summed E-state index contributed by atoms with van der Waals surface area (Å²) in [4.78, 5) is 2.46. The third-order valence-corrected chi connectivity index (χ3v) is 5.45. The zero-order chi connectivity index (χ0) is 17.1. The van der Waals surface area contributed by atoms with Crippen LogP contribution in [0.25, 0.3) is 0 Å². The second kappa shape index (κ2) is 7.47. The van der Waals surface area contributed by atoms with Gasteiger partial charge in [-0.1, -0.05) is 35.5 Å². The zero-order valence-corrected chi connectivity index (χ0v) is 15.2. The molecule has 0 saturated heterocycles. The summed E-state index contributed by atoms with van der Waals surface area (Å²) >= 11 is 1.74. The fourth-order valence-electron chi connectivity index (χ4n) is 3.37. The lowest BCUT2D eigenvalue weighted by molar-refractivity contribution is 0.0389. The Morgan fingerprint density at radius 1 is 1.20 bits per heavy atom. The van der Waals surface area contributed by atoms with Gasteiger partial charge in [0.2, 0.25) is 0 Å². The highest BCUT2D eigenvalue weighted by Crippen LogP contribution is 2.30. The first-order chi connectivity index (χ1) is 12.3. The molecule has 0 aliphatic carbocycles. The molecule has 0 saturated carbocycles. The van der Waals surface area contributed by atoms with E-state index in [4.69, 9.17) is 4.74 Å². The topological polar surface area (TPSA) is 43.2 Å². The van der Waals surface area contributed by atoms with Gasteiger partial charge < -0.3 is 4.74 Å². The van der Waals surface area contributed by atoms with Gasteiger partial charge in [0, 0.05) is 26.6 Å². The molecule has 1 atom stereocenters. The molecule has 0 radical (unpaired) electrons. The Hall–Kier alpha value is -2.02. The number of aromatic nitrogens is 3. The van der Waals surface area contributed by atoms with Crippen LogP contribution in [0.1, 0.15) is 28.6 Å². The monoisotopic (exact) mass is 354 g/mol. The van der Waals surface area contributed by atoms with Gasteiger partial charge >= 0.3 is 0 Å². The number of aryl methyl sites for hydroxylation is 1. The Labute approximate surface area is 151 Å². The molecular weight excluding hydrogens is 332 g/mol. The molecule has 4 rings (SSSR count). The quantitative estimate of drug-likeness (QED) is 0.682. The Morgan fingerprint density at radius 3 is 2.88 bits per heavy atom. The van der Waals surface area contributed by atoms with Gasteiger partial charge in [0.15, 0.2) is 0 Å². The molecule has 0 fully saturated rings. The normalized spacial score (nSPS) is 17.6. The maximum Gasteiger partial charge on any atom is 0.105 e. The predicted molar refractivity (Wildman–Crippen MR) is 98.3 cm³/mol. The molecular formula is C19H22N4OS. The van der Waals surface area contributed by atoms with E-state index in [9.17, 15) is 0 Å². The van der Waals surface area contributed by atoms with E-state index in [1.807, 2.05) is 29.9 Å². The minimum Gasteiger partial charge on any atom is -0.375 e. The molecule has 2 aromatic heterocycles. The first-order valence-corrected chi connectivity index (χ1v) is 9.51. The van der Waals surface area contributed by atoms with E-state index >= 15 is 0 Å². The molecule has 6 heteroatoms. The number of nitrogens with zero attached hydrogens (tertiary/aromatic N) is 4. The molecule has 0 amide bonds. The molecule has 0 N–H and O–H groups in total. The number of rotatable bonds is 6. The highest BCUT2D eigenvalue weighted by Gasteiger charge is 2.31. The van der Waals surface area contributed by atoms with E-state index in [0.29, 0.717) is 13.2 Å². The van der Waals surface area contributed by atoms with Crippen LogP contribution in [0.15, 0.2) is 47.2 Å². The van der Waals surface area contributed by atoms with Crippen LogP contribution in [0.4, 0.5) is 0 Å². The van der Waals surface area contributed by atoms with Crippen LogP contribution in [0.3, 0.4) is 0 Å². The fraction of sp³-hybridized carbons (Fsp3) is 0.368. The van der Waals surface area contributed by atoms with Gasteiger partial charge in [0.25, 0.3) is 0 Å². The molecule has 1 aliphatic heterocycles. The SMILES string of the molecule is Cn1nnc2c1CCN(Cc1ccsc1)[C@@H]2COCc1ccccc1. The van der Waals surface area contributed by atoms with Gasteiger partial charge in [0.05, 0.1) is 24.9 Å². The van der Waals surface area contributed by atoms with Crippen molar-refractivity contribution in [3.05, 3.63) is 69.7 Å². The van der Waals surface area contributed by atoms with E-state index in [0.717, 1.165) is 25.2 Å². The van der Waals surface area contributed by atoms with E-state index in [-0.39, 0.29) is 6.04 Å². The molecule has 0 bridgehead atoms. The average molecular weight is 354 g/mol. The summed E-state index contributed by atoms with van der Waals surface area (Å²) in [7, 11) is 1.97. The molecule has 5 nitrogen and oxygen atoms in total. The number of ether oxygens (including phenoxy) is 1. The lowest BCUT2D eigenvalue weighted by Gasteiger charge is -2.34. The largest absolute Gasteiger partial charge is 0.375 e. The molecule has 130 valence electrons. The molecule has 3 aromatic rings. The van der Waals surface area contributed by atoms with Crippen molar-refractivity contribution in [2.45, 2.75) is 25.6 Å². The minimum atomic E-state index is 0.154. The third-order valence-electron chi connectivity index (χ3n) is 4.72. The second-order valence-electron chi connectivity index (χ2n) is 6.41. The number of hydrogen-bond donors (Lipinski definition) is 0. The van der Waals surface area contributed by atoms with E-state index in [1.165, 1.54) is 16.8 Å². The fourth-order valence-corrected chi connectivity index (χ4v) is 4.03. The Morgan fingerprint density at radius 2 is 2.08 bits per heavy atom. The molecule has 0 spiro atoms. The van der Waals surface area contributed by atoms with Gasteiger partial charge in [-0.05, 0) is 28.0 Å². The van der Waals surface area contributed by atoms with Crippen molar-refractivity contribution in [3.8, 4) is 0 Å². The van der Waals surface area contributed by atoms with E-state index < -0.39 is 0 Å². The van der Waals surface area contributed by atoms with Gasteiger partial charge in [-0.25, -0.2) is 0 Å². The molecule has 1 aromatic carbocycles. The predicted octanol–water partition coefficient (Wildman–Crippen LogP) is 3.19. The lowest BCUT2D eigenvalue weighted by Crippen LogP contribution is -2.38. The first-order valence-electron chi connectivity index (χ1n) is 8.56. The number of hydrogen-bond acceptors (Lipinski definition) is 5. The van der Waals surface area contributed by atoms with Crippen LogP contribution >= 0.6 is 11.3 Å². The minimum absolute atomic E-state index is 0.154. The van der Waals surface area contributed by atoms with Crippen LogP contribution in [-0.2, 0) is 31.4 Å². The zero-order valence-electron chi connectivity index (χ0n) is 14.3. The number of benzene rings is 1. The highest BCUT2D eigenvalue weighted by molar-refractivity contribution is 7.07. The Balaban J connectivity index is 1.49. The summed E-state index contributed by atoms with van der Waals surface area (Å²) < 4.78 is 7.96. The van der Waals surface area contributed by atoms with Crippen molar-refractivity contribution in [1.29, 1.82) is 0 Å². The smallest absolute Gasteiger partial charge is 0.105 e. The van der Waals surface area contributed by atoms with Crippen molar-refractivity contribution >= 4 is 11.3 Å². The lowest BCUT2D eigenvalue weighted by atomic mass is 10.0. The van der Waals surface area contributed by atoms with Crippen molar-refractivity contribution < 1.29 is 4.74 Å². The Bertz CT molecular complexity index is 800. The van der Waals surface area contributed by atoms with Gasteiger partial charge in [-0.2, -0.15) is 11.3 Å². The van der Waals surface area contributed by atoms with Gasteiger partial charge in [0.1, 0.15) is 5.69 Å². The van der Waals surface area contributed by atoms with Gasteiger partial charge in [-0.15, -0.1) is 5.10 Å². The maximum absolute atomic E-state index is 6.06. The molecule has 0 unspecified atom stereocenters. The van der Waals surface area contributed by atoms with Crippen LogP contribution in [-0.4, -0.2) is 33.0 Å². The summed E-state index contributed by atoms with van der Waals surface area (Å²) in [6.45, 7) is 3.19.